The molecule has 10 heteroatoms. The summed E-state index contributed by atoms with van der Waals surface area (Å²) < 4.78 is 45.2. The summed E-state index contributed by atoms with van der Waals surface area (Å²) in [6.45, 7) is 4.20. The Labute approximate surface area is 218 Å². The number of likely N-dealkylation sites (tertiary alicyclic amines) is 1. The number of carbonyl (C=O) groups excluding carboxylic acids is 1. The summed E-state index contributed by atoms with van der Waals surface area (Å²) in [5, 5.41) is 2.88. The Kier molecular flexibility index (Phi) is 8.23. The fourth-order valence-corrected chi connectivity index (χ4v) is 6.82. The second kappa shape index (κ2) is 11.6. The van der Waals surface area contributed by atoms with Gasteiger partial charge in [-0.3, -0.25) is 9.69 Å². The Balaban J connectivity index is 1.20. The predicted octanol–water partition coefficient (Wildman–Crippen LogP) is 2.49. The summed E-state index contributed by atoms with van der Waals surface area (Å²) in [6.07, 6.45) is 2.68. The first kappa shape index (κ1) is 26.3. The van der Waals surface area contributed by atoms with E-state index in [-0.39, 0.29) is 29.1 Å². The van der Waals surface area contributed by atoms with Gasteiger partial charge in [0, 0.05) is 38.5 Å². The molecule has 2 aromatic carbocycles. The van der Waals surface area contributed by atoms with E-state index < -0.39 is 10.0 Å². The van der Waals surface area contributed by atoms with E-state index in [4.69, 9.17) is 14.2 Å². The van der Waals surface area contributed by atoms with E-state index in [1.54, 1.807) is 18.2 Å². The Morgan fingerprint density at radius 3 is 2.59 bits per heavy atom. The first-order chi connectivity index (χ1) is 17.9. The lowest BCUT2D eigenvalue weighted by atomic mass is 9.85. The van der Waals surface area contributed by atoms with Crippen molar-refractivity contribution in [3.05, 3.63) is 60.2 Å². The van der Waals surface area contributed by atoms with Crippen LogP contribution in [0.3, 0.4) is 0 Å². The lowest BCUT2D eigenvalue weighted by Crippen LogP contribution is -2.57. The maximum absolute atomic E-state index is 13.0. The molecule has 0 saturated carbocycles. The van der Waals surface area contributed by atoms with Gasteiger partial charge in [0.25, 0.3) is 0 Å². The third-order valence-corrected chi connectivity index (χ3v) is 9.28. The molecule has 0 radical (unpaired) electrons. The van der Waals surface area contributed by atoms with Crippen molar-refractivity contribution < 1.29 is 27.4 Å². The Morgan fingerprint density at radius 2 is 1.84 bits per heavy atom. The van der Waals surface area contributed by atoms with Gasteiger partial charge < -0.3 is 19.5 Å². The smallest absolute Gasteiger partial charge is 0.243 e. The predicted molar refractivity (Wildman–Crippen MR) is 139 cm³/mol. The third kappa shape index (κ3) is 6.22. The summed E-state index contributed by atoms with van der Waals surface area (Å²) in [6, 6.07) is 16.5. The number of nitrogens with zero attached hydrogens (tertiary/aromatic N) is 2. The van der Waals surface area contributed by atoms with Crippen LogP contribution in [0.25, 0.3) is 0 Å². The molecule has 3 aliphatic rings. The van der Waals surface area contributed by atoms with Gasteiger partial charge in [-0.1, -0.05) is 36.4 Å². The van der Waals surface area contributed by atoms with Gasteiger partial charge in [0.05, 0.1) is 43.0 Å². The summed E-state index contributed by atoms with van der Waals surface area (Å²) in [5.41, 5.74) is 1.28. The number of piperidine rings is 1. The molecule has 37 heavy (non-hydrogen) atoms. The number of rotatable bonds is 8. The molecule has 0 aliphatic carbocycles. The zero-order chi connectivity index (χ0) is 25.7. The highest BCUT2D eigenvalue weighted by Gasteiger charge is 2.47. The number of anilines is 1. The van der Waals surface area contributed by atoms with Crippen molar-refractivity contribution in [1.82, 2.24) is 9.21 Å². The van der Waals surface area contributed by atoms with Gasteiger partial charge in [-0.05, 0) is 43.0 Å². The number of sulfonamides is 1. The van der Waals surface area contributed by atoms with Gasteiger partial charge in [-0.2, -0.15) is 4.31 Å². The third-order valence-electron chi connectivity index (χ3n) is 7.38. The van der Waals surface area contributed by atoms with Crippen molar-refractivity contribution in [1.29, 1.82) is 0 Å². The minimum absolute atomic E-state index is 0.126. The van der Waals surface area contributed by atoms with Gasteiger partial charge in [-0.25, -0.2) is 8.42 Å². The van der Waals surface area contributed by atoms with Gasteiger partial charge in [0.1, 0.15) is 0 Å². The fraction of sp³-hybridized carbons (Fsp3) is 0.519. The maximum atomic E-state index is 13.0. The minimum Gasteiger partial charge on any atom is -0.379 e. The molecule has 3 aliphatic heterocycles. The van der Waals surface area contributed by atoms with Crippen molar-refractivity contribution in [3.63, 3.8) is 0 Å². The number of hydrogen-bond donors (Lipinski definition) is 1. The van der Waals surface area contributed by atoms with Crippen molar-refractivity contribution in [3.8, 4) is 0 Å². The molecule has 200 valence electrons. The Morgan fingerprint density at radius 1 is 1.03 bits per heavy atom. The molecule has 9 nitrogen and oxygen atoms in total. The molecule has 1 spiro atoms. The highest BCUT2D eigenvalue weighted by molar-refractivity contribution is 7.89. The summed E-state index contributed by atoms with van der Waals surface area (Å²) in [5.74, 6) is -0.189. The molecule has 2 atom stereocenters. The highest BCUT2D eigenvalue weighted by atomic mass is 32.2. The van der Waals surface area contributed by atoms with Crippen LogP contribution in [0, 0.1) is 0 Å². The topological polar surface area (TPSA) is 97.4 Å². The first-order valence-electron chi connectivity index (χ1n) is 12.9. The van der Waals surface area contributed by atoms with E-state index in [1.807, 2.05) is 30.3 Å². The van der Waals surface area contributed by atoms with Crippen LogP contribution >= 0.6 is 0 Å². The molecule has 0 unspecified atom stereocenters. The Hall–Kier alpha value is -2.34. The molecule has 2 aromatic rings. The largest absolute Gasteiger partial charge is 0.379 e. The zero-order valence-corrected chi connectivity index (χ0v) is 21.8. The monoisotopic (exact) mass is 529 g/mol. The number of nitrogens with one attached hydrogen (secondary N) is 1. The van der Waals surface area contributed by atoms with Gasteiger partial charge in [0.2, 0.25) is 15.9 Å². The molecule has 1 N–H and O–H groups in total. The van der Waals surface area contributed by atoms with Crippen molar-refractivity contribution in [2.45, 2.75) is 42.5 Å². The van der Waals surface area contributed by atoms with E-state index in [0.717, 1.165) is 38.0 Å². The minimum atomic E-state index is -3.64. The van der Waals surface area contributed by atoms with Crippen LogP contribution in [0.1, 0.15) is 24.8 Å². The standard InChI is InChI=1S/C27H35N3O6S/c31-26(28-23-8-4-9-24(18-23)37(32,33)30-13-16-34-17-14-30)20-29-12-11-27(10-5-15-36-27)25(19-29)35-21-22-6-2-1-3-7-22/h1-4,6-9,18,25H,5,10-17,19-21H2,(H,28,31)/t25-,27-/m0/s1. The summed E-state index contributed by atoms with van der Waals surface area (Å²) in [7, 11) is -3.64. The summed E-state index contributed by atoms with van der Waals surface area (Å²) >= 11 is 0. The molecular formula is C27H35N3O6S. The molecule has 3 saturated heterocycles. The second-order valence-electron chi connectivity index (χ2n) is 9.88. The number of benzene rings is 2. The van der Waals surface area contributed by atoms with Crippen LogP contribution in [0.4, 0.5) is 5.69 Å². The molecule has 5 rings (SSSR count). The Bertz CT molecular complexity index is 1160. The second-order valence-corrected chi connectivity index (χ2v) is 11.8. The average Bonchev–Trinajstić information content (AvgIpc) is 3.39. The molecule has 0 aromatic heterocycles. The van der Waals surface area contributed by atoms with E-state index in [0.29, 0.717) is 45.1 Å². The molecule has 0 bridgehead atoms. The normalized spacial score (nSPS) is 25.4. The van der Waals surface area contributed by atoms with Crippen LogP contribution < -0.4 is 5.32 Å². The van der Waals surface area contributed by atoms with Crippen molar-refractivity contribution in [2.24, 2.45) is 0 Å². The number of ether oxygens (including phenoxy) is 3. The van der Waals surface area contributed by atoms with E-state index in [1.165, 1.54) is 10.4 Å². The van der Waals surface area contributed by atoms with Crippen LogP contribution in [-0.4, -0.2) is 87.8 Å². The molecular weight excluding hydrogens is 494 g/mol. The number of amides is 1. The SMILES string of the molecule is O=C(CN1CC[C@@]2(CCCO2)[C@@H](OCc2ccccc2)C1)Nc1cccc(S(=O)(=O)N2CCOCC2)c1. The van der Waals surface area contributed by atoms with Crippen LogP contribution in [0.5, 0.6) is 0 Å². The number of morpholine rings is 1. The zero-order valence-electron chi connectivity index (χ0n) is 21.0. The van der Waals surface area contributed by atoms with E-state index in [9.17, 15) is 13.2 Å². The summed E-state index contributed by atoms with van der Waals surface area (Å²) in [4.78, 5) is 15.2. The molecule has 1 amide bonds. The maximum Gasteiger partial charge on any atom is 0.243 e. The average molecular weight is 530 g/mol. The van der Waals surface area contributed by atoms with Gasteiger partial charge >= 0.3 is 0 Å². The number of hydrogen-bond acceptors (Lipinski definition) is 7. The van der Waals surface area contributed by atoms with Crippen LogP contribution in [0.2, 0.25) is 0 Å². The van der Waals surface area contributed by atoms with E-state index in [2.05, 4.69) is 10.2 Å². The molecule has 3 fully saturated rings. The van der Waals surface area contributed by atoms with Crippen molar-refractivity contribution in [2.75, 3.05) is 57.9 Å². The van der Waals surface area contributed by atoms with E-state index >= 15 is 0 Å². The lowest BCUT2D eigenvalue weighted by Gasteiger charge is -2.44. The lowest BCUT2D eigenvalue weighted by molar-refractivity contribution is -0.159. The van der Waals surface area contributed by atoms with Crippen LogP contribution in [0.15, 0.2) is 59.5 Å². The number of carbonyl (C=O) groups is 1. The first-order valence-corrected chi connectivity index (χ1v) is 14.4. The highest BCUT2D eigenvalue weighted by Crippen LogP contribution is 2.38. The fourth-order valence-electron chi connectivity index (χ4n) is 5.36. The van der Waals surface area contributed by atoms with Gasteiger partial charge in [-0.15, -0.1) is 0 Å². The van der Waals surface area contributed by atoms with Gasteiger partial charge in [0.15, 0.2) is 0 Å². The molecule has 3 heterocycles. The van der Waals surface area contributed by atoms with Crippen LogP contribution in [-0.2, 0) is 35.6 Å². The quantitative estimate of drug-likeness (QED) is 0.561. The van der Waals surface area contributed by atoms with Crippen molar-refractivity contribution >= 4 is 21.6 Å².